The quantitative estimate of drug-likeness (QED) is 0.105. The van der Waals surface area contributed by atoms with Gasteiger partial charge in [-0.05, 0) is 177 Å². The van der Waals surface area contributed by atoms with Gasteiger partial charge in [-0.25, -0.2) is 19.9 Å². The Morgan fingerprint density at radius 2 is 0.667 bits per heavy atom. The molecule has 0 saturated heterocycles. The van der Waals surface area contributed by atoms with Crippen LogP contribution >= 0.6 is 68.0 Å². The molecule has 6 aromatic heterocycles. The van der Waals surface area contributed by atoms with Crippen molar-refractivity contribution < 1.29 is 9.59 Å². The van der Waals surface area contributed by atoms with Gasteiger partial charge in [0.2, 0.25) is 0 Å². The Hall–Kier alpha value is -11.8. The molecule has 15 aromatic rings. The van der Waals surface area contributed by atoms with Crippen molar-refractivity contribution >= 4 is 142 Å². The number of aromatic nitrogens is 4. The number of benzene rings is 9. The highest BCUT2D eigenvalue weighted by atomic mass is 32.1. The molecule has 0 unspecified atom stereocenters. The topological polar surface area (TPSA) is 181 Å². The first-order valence-electron chi connectivity index (χ1n) is 32.8. The summed E-state index contributed by atoms with van der Waals surface area (Å²) in [7, 11) is 0. The molecule has 0 spiro atoms. The van der Waals surface area contributed by atoms with Crippen LogP contribution in [0, 0.1) is 73.0 Å². The van der Waals surface area contributed by atoms with E-state index in [1.165, 1.54) is 134 Å². The summed E-state index contributed by atoms with van der Waals surface area (Å²) < 4.78 is 2.25. The maximum Gasteiger partial charge on any atom is 0.194 e. The molecule has 0 amide bonds. The summed E-state index contributed by atoms with van der Waals surface area (Å²) in [6, 6.07) is 78.1. The minimum Gasteiger partial charge on any atom is -0.289 e. The molecule has 0 N–H and O–H groups in total. The van der Waals surface area contributed by atoms with Gasteiger partial charge in [-0.1, -0.05) is 213 Å². The molecule has 0 bridgehead atoms. The molecular weight excluding hydrogens is 1370 g/mol. The second kappa shape index (κ2) is 22.9. The van der Waals surface area contributed by atoms with Gasteiger partial charge in [-0.15, -0.1) is 22.7 Å². The standard InChI is InChI=1S/C86H46N8O2S6/c1-43-13-21-51(22-14-43)85(52-23-15-44(2)16-24-52)65-29-47-31-71(79-93-83-81(101-79)91-73(99-83)37-63-75(49(39-87)40-88)55-9-5-7-11-57(55)77(63)95)97-69(47)35-61(65)59-34-68-60(33-67(59)85)62-36-70-48(30-66(62)86(68,53-25-17-45(3)18-26-53)54-27-19-46(4)20-28-54)32-72(98-70)80-94-84-82(102-80)92-74(100-84)38-64-76(50(41-89)42-90)56-10-6-8-12-58(56)78(64)96/h5-38H,1-4H3. The first-order valence-corrected chi connectivity index (χ1v) is 37.7. The molecule has 0 saturated carbocycles. The average Bonchev–Trinajstić information content (AvgIpc) is 1.50. The van der Waals surface area contributed by atoms with Crippen molar-refractivity contribution in [1.82, 2.24) is 19.9 Å². The molecular formula is C86H46N8O2S6. The first kappa shape index (κ1) is 61.3. The van der Waals surface area contributed by atoms with E-state index in [9.17, 15) is 30.6 Å². The number of allylic oxidation sites excluding steroid dienone is 6. The summed E-state index contributed by atoms with van der Waals surface area (Å²) >= 11 is 9.23. The molecule has 0 aliphatic heterocycles. The molecule has 0 fully saturated rings. The number of aryl methyl sites for hydroxylation is 4. The van der Waals surface area contributed by atoms with E-state index in [2.05, 4.69) is 173 Å². The summed E-state index contributed by atoms with van der Waals surface area (Å²) in [4.78, 5) is 53.1. The third kappa shape index (κ3) is 8.92. The lowest BCUT2D eigenvalue weighted by Crippen LogP contribution is -2.30. The van der Waals surface area contributed by atoms with E-state index in [-0.39, 0.29) is 33.9 Å². The van der Waals surface area contributed by atoms with E-state index >= 15 is 0 Å². The van der Waals surface area contributed by atoms with Gasteiger partial charge in [0.1, 0.15) is 55.5 Å². The van der Waals surface area contributed by atoms with Crippen molar-refractivity contribution in [1.29, 1.82) is 21.0 Å². The summed E-state index contributed by atoms with van der Waals surface area (Å²) in [6.07, 6.45) is 3.39. The molecule has 6 heterocycles. The van der Waals surface area contributed by atoms with Crippen molar-refractivity contribution in [3.8, 4) is 66.3 Å². The highest BCUT2D eigenvalue weighted by molar-refractivity contribution is 7.32. The number of hydrogen-bond acceptors (Lipinski definition) is 16. The predicted molar refractivity (Wildman–Crippen MR) is 413 cm³/mol. The largest absolute Gasteiger partial charge is 0.289 e. The molecule has 9 aromatic carbocycles. The monoisotopic (exact) mass is 1410 g/mol. The Morgan fingerprint density at radius 3 is 1.00 bits per heavy atom. The van der Waals surface area contributed by atoms with Crippen molar-refractivity contribution in [2.24, 2.45) is 0 Å². The van der Waals surface area contributed by atoms with Gasteiger partial charge in [0.25, 0.3) is 0 Å². The Bertz CT molecular complexity index is 6040. The SMILES string of the molecule is Cc1ccc(C2(c3ccc(C)cc3)c3cc4c(cc3-c3cc5sc(-c6nc7sc(C=C8C(=O)c9ccccc9C8=C(C#N)C#N)nc7s6)cc5cc32)C(c2ccc(C)cc2)(c2ccc(C)cc2)c2cc3cc(-c5nc6sc(C=C7C(=O)c8ccccc8C7=C(C#N)C#N)nc6s5)sc3cc2-4)cc1. The highest BCUT2D eigenvalue weighted by Crippen LogP contribution is 2.64. The maximum absolute atomic E-state index is 13.9. The van der Waals surface area contributed by atoms with Gasteiger partial charge in [0.15, 0.2) is 30.9 Å². The normalized spacial score (nSPS) is 15.0. The first-order chi connectivity index (χ1) is 49.7. The number of ketones is 2. The van der Waals surface area contributed by atoms with Crippen LogP contribution in [0.25, 0.3) is 105 Å². The number of Topliss-reactive ketones (excluding diaryl/α,β-unsaturated/α-hetero) is 2. The number of nitrogens with zero attached hydrogens (tertiary/aromatic N) is 8. The molecule has 102 heavy (non-hydrogen) atoms. The molecule has 0 atom stereocenters. The van der Waals surface area contributed by atoms with Gasteiger partial charge in [-0.2, -0.15) is 21.0 Å². The fourth-order valence-electron chi connectivity index (χ4n) is 15.8. The van der Waals surface area contributed by atoms with Crippen LogP contribution in [0.1, 0.15) is 109 Å². The molecule has 16 heteroatoms. The van der Waals surface area contributed by atoms with Crippen LogP contribution in [-0.2, 0) is 10.8 Å². The zero-order valence-electron chi connectivity index (χ0n) is 54.5. The second-order valence-electron chi connectivity index (χ2n) is 26.2. The Balaban J connectivity index is 0.781. The minimum atomic E-state index is -0.775. The zero-order valence-corrected chi connectivity index (χ0v) is 59.4. The van der Waals surface area contributed by atoms with Crippen LogP contribution in [0.15, 0.2) is 216 Å². The van der Waals surface area contributed by atoms with Gasteiger partial charge in [0, 0.05) is 42.8 Å². The van der Waals surface area contributed by atoms with E-state index in [0.29, 0.717) is 43.4 Å². The minimum absolute atomic E-state index is 0.117. The Labute approximate surface area is 608 Å². The second-order valence-corrected chi connectivity index (χ2v) is 32.3. The number of carbonyl (C=O) groups is 2. The molecule has 19 rings (SSSR count). The van der Waals surface area contributed by atoms with Crippen molar-refractivity contribution in [2.75, 3.05) is 0 Å². The number of thiophene rings is 2. The maximum atomic E-state index is 13.9. The zero-order chi connectivity index (χ0) is 69.2. The summed E-state index contributed by atoms with van der Waals surface area (Å²) in [6.45, 7) is 8.60. The van der Waals surface area contributed by atoms with E-state index in [0.717, 1.165) is 59.3 Å². The van der Waals surface area contributed by atoms with Crippen molar-refractivity contribution in [3.05, 3.63) is 315 Å². The van der Waals surface area contributed by atoms with Gasteiger partial charge in [-0.3, -0.25) is 9.59 Å². The molecule has 4 aliphatic rings. The number of nitriles is 4. The van der Waals surface area contributed by atoms with E-state index in [4.69, 9.17) is 19.9 Å². The summed E-state index contributed by atoms with van der Waals surface area (Å²) in [5, 5.41) is 45.0. The third-order valence-electron chi connectivity index (χ3n) is 20.4. The van der Waals surface area contributed by atoms with Crippen molar-refractivity contribution in [2.45, 2.75) is 38.5 Å². The number of fused-ring (bicyclic) bond motifs is 12. The van der Waals surface area contributed by atoms with Crippen LogP contribution < -0.4 is 0 Å². The van der Waals surface area contributed by atoms with Crippen LogP contribution in [0.4, 0.5) is 0 Å². The smallest absolute Gasteiger partial charge is 0.194 e. The molecule has 0 radical (unpaired) electrons. The molecule has 4 aliphatic carbocycles. The van der Waals surface area contributed by atoms with Gasteiger partial charge < -0.3 is 0 Å². The van der Waals surface area contributed by atoms with Gasteiger partial charge in [0.05, 0.1) is 20.6 Å². The fraction of sp³-hybridized carbons (Fsp3) is 0.0698. The number of rotatable bonds is 8. The number of hydrogen-bond donors (Lipinski definition) is 0. The lowest BCUT2D eigenvalue weighted by atomic mass is 9.65. The van der Waals surface area contributed by atoms with E-state index in [1.54, 1.807) is 83.4 Å². The number of thiazole rings is 4. The van der Waals surface area contributed by atoms with Crippen molar-refractivity contribution in [3.63, 3.8) is 0 Å². The lowest BCUT2D eigenvalue weighted by molar-refractivity contribution is 0.103. The summed E-state index contributed by atoms with van der Waals surface area (Å²) in [5.41, 5.74) is 20.3. The van der Waals surface area contributed by atoms with Crippen LogP contribution in [0.3, 0.4) is 0 Å². The highest BCUT2D eigenvalue weighted by Gasteiger charge is 2.52. The Morgan fingerprint density at radius 1 is 0.353 bits per heavy atom. The average molecular weight is 1420 g/mol. The lowest BCUT2D eigenvalue weighted by Gasteiger charge is -2.36. The van der Waals surface area contributed by atoms with Crippen LogP contribution in [-0.4, -0.2) is 31.5 Å². The number of carbonyl (C=O) groups excluding carboxylic acids is 2. The fourth-order valence-corrected chi connectivity index (χ4v) is 22.0. The van der Waals surface area contributed by atoms with Crippen LogP contribution in [0.2, 0.25) is 0 Å². The van der Waals surface area contributed by atoms with E-state index < -0.39 is 10.8 Å². The predicted octanol–water partition coefficient (Wildman–Crippen LogP) is 21.7. The summed E-state index contributed by atoms with van der Waals surface area (Å²) in [5.74, 6) is -0.495. The third-order valence-corrected chi connectivity index (χ3v) is 26.9. The van der Waals surface area contributed by atoms with E-state index in [1.807, 2.05) is 24.3 Å². The molecule has 478 valence electrons. The van der Waals surface area contributed by atoms with Crippen LogP contribution in [0.5, 0.6) is 0 Å². The van der Waals surface area contributed by atoms with Gasteiger partial charge >= 0.3 is 0 Å². The Kier molecular flexibility index (Phi) is 13.7. The molecule has 10 nitrogen and oxygen atoms in total.